The maximum Gasteiger partial charge on any atom is 0.0618 e. The van der Waals surface area contributed by atoms with Gasteiger partial charge in [0.15, 0.2) is 0 Å². The molecule has 1 fully saturated rings. The minimum Gasteiger partial charge on any atom is -0.383 e. The summed E-state index contributed by atoms with van der Waals surface area (Å²) in [6.45, 7) is 6.45. The van der Waals surface area contributed by atoms with Crippen molar-refractivity contribution in [2.45, 2.75) is 37.5 Å². The third kappa shape index (κ3) is 3.44. The Morgan fingerprint density at radius 2 is 2.07 bits per heavy atom. The van der Waals surface area contributed by atoms with Gasteiger partial charge in [-0.1, -0.05) is 13.8 Å². The molecule has 3 heteroatoms. The van der Waals surface area contributed by atoms with E-state index < -0.39 is 0 Å². The number of hydrogen-bond acceptors (Lipinski definition) is 3. The molecule has 0 aliphatic heterocycles. The Morgan fingerprint density at radius 3 is 2.43 bits per heavy atom. The summed E-state index contributed by atoms with van der Waals surface area (Å²) in [4.78, 5) is 0. The summed E-state index contributed by atoms with van der Waals surface area (Å²) in [6.07, 6.45) is 4.97. The number of methoxy groups -OCH3 is 1. The molecule has 1 rings (SSSR count). The van der Waals surface area contributed by atoms with Gasteiger partial charge < -0.3 is 10.1 Å². The van der Waals surface area contributed by atoms with Gasteiger partial charge in [0.25, 0.3) is 0 Å². The second-order valence-corrected chi connectivity index (χ2v) is 5.85. The van der Waals surface area contributed by atoms with Crippen LogP contribution >= 0.6 is 11.8 Å². The van der Waals surface area contributed by atoms with Gasteiger partial charge in [0, 0.05) is 24.4 Å². The second kappa shape index (κ2) is 5.38. The highest BCUT2D eigenvalue weighted by molar-refractivity contribution is 8.00. The zero-order valence-electron chi connectivity index (χ0n) is 9.80. The van der Waals surface area contributed by atoms with Gasteiger partial charge in [0.1, 0.15) is 0 Å². The van der Waals surface area contributed by atoms with E-state index in [2.05, 4.69) is 25.4 Å². The van der Waals surface area contributed by atoms with Crippen LogP contribution in [0.2, 0.25) is 0 Å². The van der Waals surface area contributed by atoms with Crippen LogP contribution in [0.1, 0.15) is 26.7 Å². The van der Waals surface area contributed by atoms with Crippen molar-refractivity contribution in [1.82, 2.24) is 5.32 Å². The molecule has 0 heterocycles. The quantitative estimate of drug-likeness (QED) is 0.706. The fourth-order valence-corrected chi connectivity index (χ4v) is 2.31. The van der Waals surface area contributed by atoms with Crippen LogP contribution in [-0.4, -0.2) is 37.3 Å². The third-order valence-corrected chi connectivity index (χ3v) is 4.50. The fraction of sp³-hybridized carbons (Fsp3) is 1.00. The van der Waals surface area contributed by atoms with E-state index >= 15 is 0 Å². The van der Waals surface area contributed by atoms with Crippen LogP contribution in [-0.2, 0) is 4.74 Å². The molecule has 0 saturated heterocycles. The molecular formula is C11H23NOS. The molecule has 1 aliphatic rings. The van der Waals surface area contributed by atoms with Crippen molar-refractivity contribution in [2.24, 2.45) is 5.92 Å². The normalized spacial score (nSPS) is 21.2. The number of thioether (sulfide) groups is 1. The SMILES string of the molecule is COCC(NCC1(SC)CC1)C(C)C. The molecular weight excluding hydrogens is 194 g/mol. The van der Waals surface area contributed by atoms with E-state index in [1.807, 2.05) is 11.8 Å². The summed E-state index contributed by atoms with van der Waals surface area (Å²) >= 11 is 2.01. The lowest BCUT2D eigenvalue weighted by Crippen LogP contribution is -2.41. The van der Waals surface area contributed by atoms with Gasteiger partial charge in [-0.25, -0.2) is 0 Å². The van der Waals surface area contributed by atoms with Crippen LogP contribution in [0.5, 0.6) is 0 Å². The predicted octanol–water partition coefficient (Wildman–Crippen LogP) is 2.14. The van der Waals surface area contributed by atoms with E-state index in [0.29, 0.717) is 16.7 Å². The monoisotopic (exact) mass is 217 g/mol. The van der Waals surface area contributed by atoms with E-state index in [1.54, 1.807) is 7.11 Å². The molecule has 1 N–H and O–H groups in total. The molecule has 0 bridgehead atoms. The molecule has 0 aromatic carbocycles. The predicted molar refractivity (Wildman–Crippen MR) is 64.0 cm³/mol. The Hall–Kier alpha value is 0.270. The topological polar surface area (TPSA) is 21.3 Å². The molecule has 14 heavy (non-hydrogen) atoms. The average Bonchev–Trinajstić information content (AvgIpc) is 2.92. The molecule has 0 radical (unpaired) electrons. The highest BCUT2D eigenvalue weighted by Crippen LogP contribution is 2.46. The molecule has 1 unspecified atom stereocenters. The Morgan fingerprint density at radius 1 is 1.43 bits per heavy atom. The number of nitrogens with one attached hydrogen (secondary N) is 1. The van der Waals surface area contributed by atoms with Crippen molar-refractivity contribution in [1.29, 1.82) is 0 Å². The van der Waals surface area contributed by atoms with Gasteiger partial charge >= 0.3 is 0 Å². The van der Waals surface area contributed by atoms with Crippen molar-refractivity contribution >= 4 is 11.8 Å². The van der Waals surface area contributed by atoms with E-state index in [4.69, 9.17) is 4.74 Å². The summed E-state index contributed by atoms with van der Waals surface area (Å²) in [5.74, 6) is 0.646. The maximum atomic E-state index is 5.22. The molecule has 2 nitrogen and oxygen atoms in total. The van der Waals surface area contributed by atoms with Crippen molar-refractivity contribution in [3.8, 4) is 0 Å². The molecule has 0 amide bonds. The Labute approximate surface area is 92.2 Å². The molecule has 1 atom stereocenters. The van der Waals surface area contributed by atoms with Crippen LogP contribution in [0.4, 0.5) is 0 Å². The van der Waals surface area contributed by atoms with Gasteiger partial charge in [-0.15, -0.1) is 0 Å². The molecule has 84 valence electrons. The largest absolute Gasteiger partial charge is 0.383 e. The summed E-state index contributed by atoms with van der Waals surface area (Å²) < 4.78 is 5.77. The third-order valence-electron chi connectivity index (χ3n) is 3.08. The minimum atomic E-state index is 0.504. The Kier molecular flexibility index (Phi) is 4.74. The standard InChI is InChI=1S/C11H23NOS/c1-9(2)10(7-13-3)12-8-11(14-4)5-6-11/h9-10,12H,5-8H2,1-4H3. The first-order valence-corrected chi connectivity index (χ1v) is 6.63. The van der Waals surface area contributed by atoms with Crippen molar-refractivity contribution in [3.05, 3.63) is 0 Å². The number of ether oxygens (including phenoxy) is 1. The van der Waals surface area contributed by atoms with Gasteiger partial charge in [0.2, 0.25) is 0 Å². The van der Waals surface area contributed by atoms with Crippen LogP contribution in [0, 0.1) is 5.92 Å². The first-order chi connectivity index (χ1) is 6.63. The van der Waals surface area contributed by atoms with Crippen LogP contribution in [0.25, 0.3) is 0 Å². The average molecular weight is 217 g/mol. The smallest absolute Gasteiger partial charge is 0.0618 e. The lowest BCUT2D eigenvalue weighted by molar-refractivity contribution is 0.147. The lowest BCUT2D eigenvalue weighted by Gasteiger charge is -2.24. The first kappa shape index (κ1) is 12.3. The Balaban J connectivity index is 2.26. The highest BCUT2D eigenvalue weighted by Gasteiger charge is 2.41. The van der Waals surface area contributed by atoms with Crippen LogP contribution in [0.15, 0.2) is 0 Å². The zero-order valence-corrected chi connectivity index (χ0v) is 10.6. The molecule has 1 saturated carbocycles. The fourth-order valence-electron chi connectivity index (χ4n) is 1.58. The highest BCUT2D eigenvalue weighted by atomic mass is 32.2. The Bertz CT molecular complexity index is 169. The van der Waals surface area contributed by atoms with Crippen molar-refractivity contribution in [2.75, 3.05) is 26.5 Å². The summed E-state index contributed by atoms with van der Waals surface area (Å²) in [7, 11) is 1.78. The van der Waals surface area contributed by atoms with E-state index in [0.717, 1.165) is 13.2 Å². The van der Waals surface area contributed by atoms with E-state index in [-0.39, 0.29) is 0 Å². The van der Waals surface area contributed by atoms with E-state index in [9.17, 15) is 0 Å². The zero-order chi connectivity index (χ0) is 10.6. The molecule has 1 aliphatic carbocycles. The summed E-state index contributed by atoms with van der Waals surface area (Å²) in [5.41, 5.74) is 0. The summed E-state index contributed by atoms with van der Waals surface area (Å²) in [6, 6.07) is 0.504. The van der Waals surface area contributed by atoms with Crippen molar-refractivity contribution in [3.63, 3.8) is 0 Å². The second-order valence-electron chi connectivity index (χ2n) is 4.57. The van der Waals surface area contributed by atoms with Crippen LogP contribution < -0.4 is 5.32 Å². The summed E-state index contributed by atoms with van der Waals surface area (Å²) in [5, 5.41) is 3.63. The maximum absolute atomic E-state index is 5.22. The van der Waals surface area contributed by atoms with Gasteiger partial charge in [0.05, 0.1) is 6.61 Å². The molecule has 0 aromatic rings. The first-order valence-electron chi connectivity index (χ1n) is 5.41. The van der Waals surface area contributed by atoms with Crippen molar-refractivity contribution < 1.29 is 4.74 Å². The van der Waals surface area contributed by atoms with E-state index in [1.165, 1.54) is 12.8 Å². The lowest BCUT2D eigenvalue weighted by atomic mass is 10.1. The van der Waals surface area contributed by atoms with Gasteiger partial charge in [-0.05, 0) is 25.0 Å². The minimum absolute atomic E-state index is 0.504. The van der Waals surface area contributed by atoms with Gasteiger partial charge in [-0.2, -0.15) is 11.8 Å². The molecule has 0 aromatic heterocycles. The number of rotatable bonds is 7. The number of hydrogen-bond donors (Lipinski definition) is 1. The molecule has 0 spiro atoms. The van der Waals surface area contributed by atoms with Gasteiger partial charge in [-0.3, -0.25) is 0 Å². The van der Waals surface area contributed by atoms with Crippen LogP contribution in [0.3, 0.4) is 0 Å².